The highest BCUT2D eigenvalue weighted by Gasteiger charge is 2.59. The molecule has 1 aliphatic rings. The second-order valence-electron chi connectivity index (χ2n) is 11.4. The van der Waals surface area contributed by atoms with Crippen molar-refractivity contribution in [3.05, 3.63) is 96.1 Å². The van der Waals surface area contributed by atoms with Crippen LogP contribution in [0.3, 0.4) is 0 Å². The number of carbonyl (C=O) groups is 2. The molecule has 3 amide bonds. The number of nitrogens with zero attached hydrogens (tertiary/aromatic N) is 3. The number of methoxy groups -OCH3 is 2. The first kappa shape index (κ1) is 32.7. The Labute approximate surface area is 273 Å². The number of halogens is 3. The summed E-state index contributed by atoms with van der Waals surface area (Å²) in [5.41, 5.74) is -4.90. The van der Waals surface area contributed by atoms with Crippen LogP contribution in [0.25, 0.3) is 21.8 Å². The second-order valence-corrected chi connectivity index (χ2v) is 13.3. The molecule has 14 heteroatoms. The first-order chi connectivity index (χ1) is 22.7. The Kier molecular flexibility index (Phi) is 8.02. The summed E-state index contributed by atoms with van der Waals surface area (Å²) in [7, 11) is -2.73. The maximum atomic E-state index is 14.9. The first-order valence-electron chi connectivity index (χ1n) is 14.7. The van der Waals surface area contributed by atoms with Crippen LogP contribution in [0.5, 0.6) is 11.8 Å². The maximum Gasteiger partial charge on any atom is 0.501 e. The number of nitrogens with one attached hydrogen (secondary N) is 1. The number of benzene rings is 3. The molecule has 1 fully saturated rings. The highest BCUT2D eigenvalue weighted by Crippen LogP contribution is 2.48. The largest absolute Gasteiger partial charge is 0.501 e. The SMILES string of the molecule is COc1cc(C(C)C2(C(C)c3cc(OC)nc4ccccc34)NC(=O)N(c3ccc(S(=O)(=O)C(F)(F)F)cc3)C2=O)c2ccccc2n1. The van der Waals surface area contributed by atoms with Gasteiger partial charge in [0, 0.05) is 34.7 Å². The molecular weight excluding hydrogens is 649 g/mol. The number of anilines is 1. The fourth-order valence-electron chi connectivity index (χ4n) is 6.44. The summed E-state index contributed by atoms with van der Waals surface area (Å²) in [6, 6.07) is 20.5. The molecule has 3 heterocycles. The third-order valence-corrected chi connectivity index (χ3v) is 10.5. The molecule has 0 spiro atoms. The number of urea groups is 1. The lowest BCUT2D eigenvalue weighted by molar-refractivity contribution is -0.123. The number of alkyl halides is 3. The van der Waals surface area contributed by atoms with E-state index in [-0.39, 0.29) is 17.4 Å². The van der Waals surface area contributed by atoms with Gasteiger partial charge in [-0.25, -0.2) is 28.1 Å². The number of aromatic nitrogens is 2. The monoisotopic (exact) mass is 678 g/mol. The van der Waals surface area contributed by atoms with Crippen LogP contribution in [0.15, 0.2) is 89.8 Å². The first-order valence-corrected chi connectivity index (χ1v) is 16.2. The predicted molar refractivity (Wildman–Crippen MR) is 172 cm³/mol. The lowest BCUT2D eigenvalue weighted by Crippen LogP contribution is -2.55. The van der Waals surface area contributed by atoms with Gasteiger partial charge in [0.1, 0.15) is 5.54 Å². The summed E-state index contributed by atoms with van der Waals surface area (Å²) in [6.07, 6.45) is 0. The van der Waals surface area contributed by atoms with E-state index in [1.54, 1.807) is 38.1 Å². The fourth-order valence-corrected chi connectivity index (χ4v) is 7.20. The molecule has 1 aliphatic heterocycles. The van der Waals surface area contributed by atoms with Crippen LogP contribution in [-0.4, -0.2) is 55.6 Å². The summed E-state index contributed by atoms with van der Waals surface area (Å²) in [5.74, 6) is -1.68. The van der Waals surface area contributed by atoms with E-state index in [0.717, 1.165) is 17.0 Å². The van der Waals surface area contributed by atoms with E-state index in [9.17, 15) is 31.2 Å². The topological polar surface area (TPSA) is 128 Å². The highest BCUT2D eigenvalue weighted by molar-refractivity contribution is 7.92. The summed E-state index contributed by atoms with van der Waals surface area (Å²) in [6.45, 7) is 3.58. The van der Waals surface area contributed by atoms with Crippen LogP contribution in [0.2, 0.25) is 0 Å². The third kappa shape index (κ3) is 5.07. The van der Waals surface area contributed by atoms with E-state index in [0.29, 0.717) is 45.1 Å². The van der Waals surface area contributed by atoms with Crippen molar-refractivity contribution < 1.29 is 40.7 Å². The molecule has 0 radical (unpaired) electrons. The number of imide groups is 1. The number of rotatable bonds is 8. The zero-order valence-electron chi connectivity index (χ0n) is 26.1. The Hall–Kier alpha value is -5.24. The van der Waals surface area contributed by atoms with Crippen LogP contribution in [0.1, 0.15) is 36.8 Å². The summed E-state index contributed by atoms with van der Waals surface area (Å²) in [4.78, 5) is 37.7. The quantitative estimate of drug-likeness (QED) is 0.185. The molecule has 1 N–H and O–H groups in total. The van der Waals surface area contributed by atoms with Crippen molar-refractivity contribution in [1.82, 2.24) is 15.3 Å². The molecule has 10 nitrogen and oxygen atoms in total. The van der Waals surface area contributed by atoms with Crippen molar-refractivity contribution in [2.45, 2.75) is 41.6 Å². The van der Waals surface area contributed by atoms with Gasteiger partial charge in [-0.3, -0.25) is 4.79 Å². The van der Waals surface area contributed by atoms with Gasteiger partial charge in [0.2, 0.25) is 11.8 Å². The van der Waals surface area contributed by atoms with Gasteiger partial charge in [-0.1, -0.05) is 50.2 Å². The van der Waals surface area contributed by atoms with Crippen LogP contribution < -0.4 is 19.7 Å². The molecule has 0 saturated carbocycles. The number of hydrogen-bond acceptors (Lipinski definition) is 8. The normalized spacial score (nSPS) is 18.2. The van der Waals surface area contributed by atoms with E-state index in [2.05, 4.69) is 15.3 Å². The van der Waals surface area contributed by atoms with Gasteiger partial charge < -0.3 is 14.8 Å². The number of amides is 3. The van der Waals surface area contributed by atoms with Crippen LogP contribution >= 0.6 is 0 Å². The summed E-state index contributed by atoms with van der Waals surface area (Å²) < 4.78 is 74.7. The van der Waals surface area contributed by atoms with Crippen molar-refractivity contribution in [3.8, 4) is 11.8 Å². The molecule has 1 saturated heterocycles. The zero-order chi connectivity index (χ0) is 34.6. The third-order valence-electron chi connectivity index (χ3n) is 8.95. The van der Waals surface area contributed by atoms with E-state index in [4.69, 9.17) is 9.47 Å². The van der Waals surface area contributed by atoms with Crippen LogP contribution in [-0.2, 0) is 14.6 Å². The molecule has 2 atom stereocenters. The van der Waals surface area contributed by atoms with Gasteiger partial charge in [0.25, 0.3) is 15.7 Å². The Morgan fingerprint density at radius 3 is 1.67 bits per heavy atom. The number of ether oxygens (including phenoxy) is 2. The minimum atomic E-state index is -5.66. The molecule has 248 valence electrons. The lowest BCUT2D eigenvalue weighted by atomic mass is 9.68. The molecular formula is C34H29F3N4O6S. The highest BCUT2D eigenvalue weighted by atomic mass is 32.2. The maximum absolute atomic E-state index is 14.9. The number of pyridine rings is 2. The number of sulfone groups is 1. The van der Waals surface area contributed by atoms with Gasteiger partial charge in [-0.2, -0.15) is 13.2 Å². The van der Waals surface area contributed by atoms with Gasteiger partial charge in [0.05, 0.1) is 35.8 Å². The summed E-state index contributed by atoms with van der Waals surface area (Å²) >= 11 is 0. The molecule has 48 heavy (non-hydrogen) atoms. The van der Waals surface area contributed by atoms with Gasteiger partial charge >= 0.3 is 11.5 Å². The minimum absolute atomic E-state index is 0.116. The molecule has 0 bridgehead atoms. The molecule has 0 aliphatic carbocycles. The Morgan fingerprint density at radius 2 is 1.23 bits per heavy atom. The number of hydrogen-bond donors (Lipinski definition) is 1. The second kappa shape index (κ2) is 11.8. The molecule has 2 unspecified atom stereocenters. The average Bonchev–Trinajstić information content (AvgIpc) is 3.35. The minimum Gasteiger partial charge on any atom is -0.481 e. The van der Waals surface area contributed by atoms with E-state index >= 15 is 0 Å². The van der Waals surface area contributed by atoms with E-state index in [1.807, 2.05) is 36.4 Å². The summed E-state index contributed by atoms with van der Waals surface area (Å²) in [5, 5.41) is 4.36. The number of fused-ring (bicyclic) bond motifs is 2. The van der Waals surface area contributed by atoms with Gasteiger partial charge in [0.15, 0.2) is 0 Å². The van der Waals surface area contributed by atoms with Crippen molar-refractivity contribution in [2.75, 3.05) is 19.1 Å². The Morgan fingerprint density at radius 1 is 0.771 bits per heavy atom. The smallest absolute Gasteiger partial charge is 0.481 e. The zero-order valence-corrected chi connectivity index (χ0v) is 26.9. The lowest BCUT2D eigenvalue weighted by Gasteiger charge is -2.39. The molecule has 5 aromatic rings. The van der Waals surface area contributed by atoms with E-state index in [1.165, 1.54) is 14.2 Å². The predicted octanol–water partition coefficient (Wildman–Crippen LogP) is 6.50. The Balaban J connectivity index is 1.57. The fraction of sp³-hybridized carbons (Fsp3) is 0.235. The molecule has 6 rings (SSSR count). The molecule has 2 aromatic heterocycles. The number of carbonyl (C=O) groups excluding carboxylic acids is 2. The average molecular weight is 679 g/mol. The van der Waals surface area contributed by atoms with Crippen LogP contribution in [0.4, 0.5) is 23.7 Å². The van der Waals surface area contributed by atoms with Crippen molar-refractivity contribution in [2.24, 2.45) is 0 Å². The molecule has 3 aromatic carbocycles. The van der Waals surface area contributed by atoms with Gasteiger partial charge in [-0.15, -0.1) is 0 Å². The Bertz CT molecular complexity index is 2100. The van der Waals surface area contributed by atoms with Gasteiger partial charge in [-0.05, 0) is 47.5 Å². The van der Waals surface area contributed by atoms with Crippen molar-refractivity contribution in [1.29, 1.82) is 0 Å². The van der Waals surface area contributed by atoms with Crippen molar-refractivity contribution >= 4 is 49.3 Å². The standard InChI is InChI=1S/C34H29F3N4O6S/c1-19(25-17-29(46-3)38-27-11-7-5-9-23(25)27)33(20(2)26-18-30(47-4)39-28-12-8-6-10-24(26)28)31(42)41(32(43)40-33)21-13-15-22(16-14-21)48(44,45)34(35,36)37/h5-20H,1-4H3,(H,40,43). The van der Waals surface area contributed by atoms with E-state index < -0.39 is 49.6 Å². The van der Waals surface area contributed by atoms with Crippen LogP contribution in [0, 0.1) is 0 Å². The number of para-hydroxylation sites is 2. The van der Waals surface area contributed by atoms with Crippen molar-refractivity contribution in [3.63, 3.8) is 0 Å².